The fraction of sp³-hybridized carbons (Fsp3) is 0.333. The van der Waals surface area contributed by atoms with Gasteiger partial charge in [-0.2, -0.15) is 14.7 Å². The van der Waals surface area contributed by atoms with E-state index in [1.807, 2.05) is 20.0 Å². The number of hydrogen-bond acceptors (Lipinski definition) is 8. The van der Waals surface area contributed by atoms with Gasteiger partial charge in [-0.25, -0.2) is 22.9 Å². The van der Waals surface area contributed by atoms with Gasteiger partial charge in [-0.1, -0.05) is 6.07 Å². The number of aromatic nitrogens is 3. The maximum Gasteiger partial charge on any atom is 0.338 e. The first-order chi connectivity index (χ1) is 16.6. The molecule has 0 bridgehead atoms. The molecule has 2 aromatic heterocycles. The van der Waals surface area contributed by atoms with Crippen molar-refractivity contribution in [2.24, 2.45) is 0 Å². The number of hydrogen-bond donors (Lipinski definition) is 1. The normalized spacial score (nSPS) is 14.0. The number of carbonyl (C=O) groups excluding carboxylic acids is 1. The Morgan fingerprint density at radius 1 is 1.31 bits per heavy atom. The summed E-state index contributed by atoms with van der Waals surface area (Å²) in [6.07, 6.45) is 6.24. The Labute approximate surface area is 204 Å². The Kier molecular flexibility index (Phi) is 6.71. The topological polar surface area (TPSA) is 130 Å². The number of nitriles is 1. The summed E-state index contributed by atoms with van der Waals surface area (Å²) >= 11 is 0. The molecule has 3 aromatic rings. The van der Waals surface area contributed by atoms with E-state index >= 15 is 0 Å². The molecule has 0 aliphatic carbocycles. The molecule has 0 spiro atoms. The second-order valence-corrected chi connectivity index (χ2v) is 10.6. The fourth-order valence-corrected chi connectivity index (χ4v) is 4.76. The highest BCUT2D eigenvalue weighted by Gasteiger charge is 2.30. The molecule has 1 unspecified atom stereocenters. The number of esters is 1. The lowest BCUT2D eigenvalue weighted by atomic mass is 9.94. The molecule has 0 saturated heterocycles. The highest BCUT2D eigenvalue weighted by atomic mass is 32.2. The van der Waals surface area contributed by atoms with Crippen LogP contribution in [0, 0.1) is 25.2 Å². The van der Waals surface area contributed by atoms with E-state index in [0.717, 1.165) is 27.8 Å². The van der Waals surface area contributed by atoms with Crippen molar-refractivity contribution in [3.8, 4) is 11.9 Å². The number of nitrogens with one attached hydrogen (secondary N) is 1. The predicted octanol–water partition coefficient (Wildman–Crippen LogP) is 2.15. The van der Waals surface area contributed by atoms with Crippen LogP contribution in [0.2, 0.25) is 0 Å². The zero-order chi connectivity index (χ0) is 25.3. The van der Waals surface area contributed by atoms with Crippen LogP contribution in [0.4, 0.5) is 0 Å². The van der Waals surface area contributed by atoms with Crippen LogP contribution in [-0.2, 0) is 27.9 Å². The van der Waals surface area contributed by atoms with Gasteiger partial charge in [0.25, 0.3) is 0 Å². The van der Waals surface area contributed by atoms with Crippen molar-refractivity contribution in [3.05, 3.63) is 75.7 Å². The smallest absolute Gasteiger partial charge is 0.338 e. The fourth-order valence-electron chi connectivity index (χ4n) is 4.11. The van der Waals surface area contributed by atoms with Crippen molar-refractivity contribution in [3.63, 3.8) is 0 Å². The third-order valence-corrected chi connectivity index (χ3v) is 7.58. The first kappa shape index (κ1) is 24.5. The second-order valence-electron chi connectivity index (χ2n) is 8.57. The quantitative estimate of drug-likeness (QED) is 0.472. The maximum atomic E-state index is 12.4. The predicted molar refractivity (Wildman–Crippen MR) is 128 cm³/mol. The Balaban J connectivity index is 1.52. The number of likely N-dealkylation sites (N-methyl/N-ethyl adjacent to an activating group) is 1. The minimum Gasteiger partial charge on any atom is -0.457 e. The van der Waals surface area contributed by atoms with E-state index < -0.39 is 16.1 Å². The molecule has 1 aromatic carbocycles. The Morgan fingerprint density at radius 3 is 2.77 bits per heavy atom. The summed E-state index contributed by atoms with van der Waals surface area (Å²) in [6.45, 7) is 4.72. The molecule has 0 saturated carbocycles. The summed E-state index contributed by atoms with van der Waals surface area (Å²) in [5, 5.41) is 16.8. The van der Waals surface area contributed by atoms with Crippen LogP contribution >= 0.6 is 0 Å². The van der Waals surface area contributed by atoms with Crippen molar-refractivity contribution in [2.75, 3.05) is 19.8 Å². The zero-order valence-corrected chi connectivity index (χ0v) is 20.8. The number of ether oxygens (including phenoxy) is 1. The second kappa shape index (κ2) is 9.58. The third-order valence-electron chi connectivity index (χ3n) is 6.28. The first-order valence-electron chi connectivity index (χ1n) is 10.9. The van der Waals surface area contributed by atoms with Crippen LogP contribution in [-0.4, -0.2) is 53.3 Å². The van der Waals surface area contributed by atoms with Crippen LogP contribution in [0.15, 0.2) is 36.8 Å². The summed E-state index contributed by atoms with van der Waals surface area (Å²) in [4.78, 5) is 16.2. The number of carbonyl (C=O) groups is 1. The van der Waals surface area contributed by atoms with Gasteiger partial charge in [-0.3, -0.25) is 0 Å². The largest absolute Gasteiger partial charge is 0.457 e. The lowest BCUT2D eigenvalue weighted by Crippen LogP contribution is -2.37. The average molecular weight is 495 g/mol. The van der Waals surface area contributed by atoms with Crippen molar-refractivity contribution in [1.29, 1.82) is 5.26 Å². The van der Waals surface area contributed by atoms with Crippen LogP contribution in [0.3, 0.4) is 0 Å². The molecule has 35 heavy (non-hydrogen) atoms. The van der Waals surface area contributed by atoms with Gasteiger partial charge in [-0.05, 0) is 42.7 Å². The maximum absolute atomic E-state index is 12.4. The molecule has 0 radical (unpaired) electrons. The summed E-state index contributed by atoms with van der Waals surface area (Å²) in [5.41, 5.74) is 5.21. The summed E-state index contributed by atoms with van der Waals surface area (Å²) < 4.78 is 32.9. The van der Waals surface area contributed by atoms with E-state index in [2.05, 4.69) is 21.5 Å². The van der Waals surface area contributed by atoms with Gasteiger partial charge >= 0.3 is 5.97 Å². The van der Waals surface area contributed by atoms with Crippen molar-refractivity contribution in [2.45, 2.75) is 33.0 Å². The lowest BCUT2D eigenvalue weighted by Gasteiger charge is -2.28. The van der Waals surface area contributed by atoms with Crippen LogP contribution in [0.5, 0.6) is 0 Å². The molecular formula is C24H26N6O4S. The number of fused-ring (bicyclic) bond motifs is 1. The Hall–Kier alpha value is -3.59. The monoisotopic (exact) mass is 494 g/mol. The minimum absolute atomic E-state index is 0.193. The van der Waals surface area contributed by atoms with Crippen molar-refractivity contribution in [1.82, 2.24) is 24.4 Å². The zero-order valence-electron chi connectivity index (χ0n) is 19.9. The van der Waals surface area contributed by atoms with Gasteiger partial charge in [-0.15, -0.1) is 0 Å². The molecule has 1 aliphatic heterocycles. The van der Waals surface area contributed by atoms with E-state index in [-0.39, 0.29) is 12.6 Å². The van der Waals surface area contributed by atoms with Gasteiger partial charge in [0.05, 0.1) is 29.6 Å². The molecule has 1 aliphatic rings. The molecule has 11 heteroatoms. The van der Waals surface area contributed by atoms with E-state index in [1.165, 1.54) is 16.8 Å². The molecule has 0 fully saturated rings. The summed E-state index contributed by atoms with van der Waals surface area (Å²) in [7, 11) is -1.93. The number of rotatable bonds is 8. The van der Waals surface area contributed by atoms with Crippen LogP contribution in [0.25, 0.3) is 5.82 Å². The highest BCUT2D eigenvalue weighted by Crippen LogP contribution is 2.31. The van der Waals surface area contributed by atoms with E-state index in [4.69, 9.17) is 10.00 Å². The minimum atomic E-state index is -3.48. The molecule has 182 valence electrons. The van der Waals surface area contributed by atoms with Crippen molar-refractivity contribution < 1.29 is 17.9 Å². The Morgan fingerprint density at radius 2 is 2.09 bits per heavy atom. The Bertz CT molecular complexity index is 1440. The number of cyclic esters (lactones) is 1. The lowest BCUT2D eigenvalue weighted by molar-refractivity contribution is 0.0535. The SMILES string of the molecule is Cc1cc(-n2cc(CNCC(c3ccc4c(c3C)COC4=O)N(C)S(C)(=O)=O)cn2)ncc1C#N. The third kappa shape index (κ3) is 4.95. The number of aryl methyl sites for hydroxylation is 1. The van der Waals surface area contributed by atoms with Crippen molar-refractivity contribution >= 4 is 16.0 Å². The molecule has 1 N–H and O–H groups in total. The number of pyridine rings is 1. The van der Waals surface area contributed by atoms with E-state index in [1.54, 1.807) is 36.1 Å². The first-order valence-corrected chi connectivity index (χ1v) is 12.8. The van der Waals surface area contributed by atoms with Gasteiger partial charge < -0.3 is 10.1 Å². The summed E-state index contributed by atoms with van der Waals surface area (Å²) in [6, 6.07) is 6.91. The van der Waals surface area contributed by atoms with Gasteiger partial charge in [0.1, 0.15) is 12.7 Å². The molecule has 0 amide bonds. The van der Waals surface area contributed by atoms with Crippen LogP contribution < -0.4 is 5.32 Å². The van der Waals surface area contributed by atoms with Gasteiger partial charge in [0, 0.05) is 43.7 Å². The van der Waals surface area contributed by atoms with Crippen LogP contribution in [0.1, 0.15) is 49.8 Å². The van der Waals surface area contributed by atoms with E-state index in [0.29, 0.717) is 30.0 Å². The standard InChI is InChI=1S/C24H26N6O4S/c1-15-7-23(27-11-18(15)8-25)30-13-17(10-28-30)9-26-12-22(29(3)35(4,32)33)19-5-6-20-21(16(19)2)14-34-24(20)31/h5-7,10-11,13,22,26H,9,12,14H2,1-4H3. The van der Waals surface area contributed by atoms with Gasteiger partial charge in [0.15, 0.2) is 5.82 Å². The van der Waals surface area contributed by atoms with E-state index in [9.17, 15) is 13.2 Å². The molecule has 3 heterocycles. The number of benzene rings is 1. The molecular weight excluding hydrogens is 468 g/mol. The molecule has 1 atom stereocenters. The molecule has 4 rings (SSSR count). The molecule has 10 nitrogen and oxygen atoms in total. The van der Waals surface area contributed by atoms with Gasteiger partial charge in [0.2, 0.25) is 10.0 Å². The summed E-state index contributed by atoms with van der Waals surface area (Å²) in [5.74, 6) is 0.248. The number of nitrogens with zero attached hydrogens (tertiary/aromatic N) is 5. The number of sulfonamides is 1. The average Bonchev–Trinajstić information content (AvgIpc) is 3.44. The highest BCUT2D eigenvalue weighted by molar-refractivity contribution is 7.88.